The van der Waals surface area contributed by atoms with Crippen LogP contribution < -0.4 is 10.3 Å². The van der Waals surface area contributed by atoms with E-state index in [4.69, 9.17) is 9.72 Å². The van der Waals surface area contributed by atoms with Crippen molar-refractivity contribution in [1.82, 2.24) is 14.5 Å². The number of aromatic amines is 1. The number of benzene rings is 3. The van der Waals surface area contributed by atoms with E-state index in [2.05, 4.69) is 4.98 Å². The van der Waals surface area contributed by atoms with Crippen LogP contribution >= 0.6 is 0 Å². The zero-order chi connectivity index (χ0) is 20.5. The van der Waals surface area contributed by atoms with Crippen LogP contribution in [0.25, 0.3) is 33.5 Å². The molecule has 0 aliphatic carbocycles. The van der Waals surface area contributed by atoms with Gasteiger partial charge in [0.05, 0.1) is 5.52 Å². The lowest BCUT2D eigenvalue weighted by molar-refractivity contribution is 0.489. The molecule has 5 nitrogen and oxygen atoms in total. The van der Waals surface area contributed by atoms with Gasteiger partial charge in [-0.25, -0.2) is 4.98 Å². The minimum atomic E-state index is -0.0588. The standard InChI is InChI=1S/C25H19N3O2/c1-28-16-18(12-15-22(28)29)20-13-14-21-23(24(20)30-19-10-6-3-7-11-19)27-25(26-21)17-8-4-2-5-9-17/h2-16H,1H3,(H,26,27). The molecule has 3 aromatic carbocycles. The number of H-pyrrole nitrogens is 1. The Labute approximate surface area is 173 Å². The van der Waals surface area contributed by atoms with E-state index in [1.54, 1.807) is 17.7 Å². The molecule has 0 aliphatic heterocycles. The van der Waals surface area contributed by atoms with E-state index in [0.717, 1.165) is 39.3 Å². The number of nitrogens with zero attached hydrogens (tertiary/aromatic N) is 2. The number of hydrogen-bond donors (Lipinski definition) is 1. The highest BCUT2D eigenvalue weighted by molar-refractivity contribution is 5.92. The largest absolute Gasteiger partial charge is 0.454 e. The third kappa shape index (κ3) is 3.26. The normalized spacial score (nSPS) is 11.0. The van der Waals surface area contributed by atoms with Crippen LogP contribution in [0.2, 0.25) is 0 Å². The maximum atomic E-state index is 11.9. The van der Waals surface area contributed by atoms with Crippen LogP contribution in [0.3, 0.4) is 0 Å². The van der Waals surface area contributed by atoms with Crippen molar-refractivity contribution >= 4 is 11.0 Å². The molecule has 5 aromatic rings. The molecule has 1 N–H and O–H groups in total. The highest BCUT2D eigenvalue weighted by Crippen LogP contribution is 2.39. The Morgan fingerprint density at radius 1 is 0.833 bits per heavy atom. The molecule has 5 rings (SSSR count). The van der Waals surface area contributed by atoms with Gasteiger partial charge in [0.25, 0.3) is 0 Å². The summed E-state index contributed by atoms with van der Waals surface area (Å²) in [6.45, 7) is 0. The van der Waals surface area contributed by atoms with E-state index >= 15 is 0 Å². The number of aryl methyl sites for hydroxylation is 1. The van der Waals surface area contributed by atoms with Gasteiger partial charge in [0, 0.05) is 36.0 Å². The summed E-state index contributed by atoms with van der Waals surface area (Å²) in [6.07, 6.45) is 1.81. The molecule has 0 fully saturated rings. The molecule has 30 heavy (non-hydrogen) atoms. The first kappa shape index (κ1) is 17.9. The lowest BCUT2D eigenvalue weighted by atomic mass is 10.1. The molecule has 0 amide bonds. The summed E-state index contributed by atoms with van der Waals surface area (Å²) in [5, 5.41) is 0. The summed E-state index contributed by atoms with van der Waals surface area (Å²) in [6, 6.07) is 27.0. The molecule has 0 atom stereocenters. The number of para-hydroxylation sites is 1. The van der Waals surface area contributed by atoms with Crippen LogP contribution in [0.15, 0.2) is 95.9 Å². The summed E-state index contributed by atoms with van der Waals surface area (Å²) >= 11 is 0. The van der Waals surface area contributed by atoms with Crippen LogP contribution in [0.1, 0.15) is 0 Å². The van der Waals surface area contributed by atoms with Gasteiger partial charge < -0.3 is 14.3 Å². The monoisotopic (exact) mass is 393 g/mol. The Kier molecular flexibility index (Phi) is 4.41. The van der Waals surface area contributed by atoms with Gasteiger partial charge in [0.15, 0.2) is 5.75 Å². The quantitative estimate of drug-likeness (QED) is 0.445. The summed E-state index contributed by atoms with van der Waals surface area (Å²) in [5.41, 5.74) is 4.32. The first-order valence-electron chi connectivity index (χ1n) is 9.67. The first-order chi connectivity index (χ1) is 14.7. The number of nitrogens with one attached hydrogen (secondary N) is 1. The number of hydrogen-bond acceptors (Lipinski definition) is 3. The van der Waals surface area contributed by atoms with Crippen molar-refractivity contribution in [2.75, 3.05) is 0 Å². The number of fused-ring (bicyclic) bond motifs is 1. The van der Waals surface area contributed by atoms with Crippen molar-refractivity contribution in [3.05, 3.63) is 101 Å². The summed E-state index contributed by atoms with van der Waals surface area (Å²) < 4.78 is 7.89. The lowest BCUT2D eigenvalue weighted by Gasteiger charge is -2.13. The van der Waals surface area contributed by atoms with E-state index in [9.17, 15) is 4.79 Å². The minimum Gasteiger partial charge on any atom is -0.454 e. The second-order valence-electron chi connectivity index (χ2n) is 7.07. The van der Waals surface area contributed by atoms with Gasteiger partial charge in [0.2, 0.25) is 5.56 Å². The molecule has 0 spiro atoms. The van der Waals surface area contributed by atoms with Gasteiger partial charge in [0.1, 0.15) is 17.1 Å². The molecule has 2 heterocycles. The van der Waals surface area contributed by atoms with E-state index in [1.807, 2.05) is 85.1 Å². The Balaban J connectivity index is 1.73. The van der Waals surface area contributed by atoms with Crippen molar-refractivity contribution in [2.24, 2.45) is 7.05 Å². The third-order valence-corrected chi connectivity index (χ3v) is 5.02. The van der Waals surface area contributed by atoms with E-state index in [0.29, 0.717) is 5.75 Å². The average molecular weight is 393 g/mol. The fourth-order valence-electron chi connectivity index (χ4n) is 3.47. The number of pyridine rings is 1. The van der Waals surface area contributed by atoms with Crippen molar-refractivity contribution in [1.29, 1.82) is 0 Å². The van der Waals surface area contributed by atoms with Crippen LogP contribution in [0.5, 0.6) is 11.5 Å². The molecule has 0 aliphatic rings. The predicted molar refractivity (Wildman–Crippen MR) is 119 cm³/mol. The van der Waals surface area contributed by atoms with Crippen LogP contribution in [0.4, 0.5) is 0 Å². The maximum Gasteiger partial charge on any atom is 0.250 e. The zero-order valence-electron chi connectivity index (χ0n) is 16.4. The summed E-state index contributed by atoms with van der Waals surface area (Å²) in [4.78, 5) is 20.1. The van der Waals surface area contributed by atoms with Gasteiger partial charge in [-0.05, 0) is 30.3 Å². The lowest BCUT2D eigenvalue weighted by Crippen LogP contribution is -2.14. The van der Waals surface area contributed by atoms with E-state index < -0.39 is 0 Å². The second-order valence-corrected chi connectivity index (χ2v) is 7.07. The molecule has 0 unspecified atom stereocenters. The highest BCUT2D eigenvalue weighted by Gasteiger charge is 2.17. The van der Waals surface area contributed by atoms with Crippen molar-refractivity contribution in [3.8, 4) is 34.0 Å². The highest BCUT2D eigenvalue weighted by atomic mass is 16.5. The fraction of sp³-hybridized carbons (Fsp3) is 0.0400. The minimum absolute atomic E-state index is 0.0588. The third-order valence-electron chi connectivity index (χ3n) is 5.02. The van der Waals surface area contributed by atoms with Crippen molar-refractivity contribution in [2.45, 2.75) is 0 Å². The molecular weight excluding hydrogens is 374 g/mol. The van der Waals surface area contributed by atoms with Crippen LogP contribution in [0, 0.1) is 0 Å². The van der Waals surface area contributed by atoms with Gasteiger partial charge in [-0.15, -0.1) is 0 Å². The number of ether oxygens (including phenoxy) is 1. The Morgan fingerprint density at radius 2 is 1.57 bits per heavy atom. The summed E-state index contributed by atoms with van der Waals surface area (Å²) in [5.74, 6) is 2.15. The number of rotatable bonds is 4. The molecular formula is C25H19N3O2. The first-order valence-corrected chi connectivity index (χ1v) is 9.67. The zero-order valence-corrected chi connectivity index (χ0v) is 16.4. The van der Waals surface area contributed by atoms with Crippen molar-refractivity contribution in [3.63, 3.8) is 0 Å². The van der Waals surface area contributed by atoms with Gasteiger partial charge in [-0.3, -0.25) is 4.79 Å². The average Bonchev–Trinajstić information content (AvgIpc) is 3.22. The molecule has 2 aromatic heterocycles. The molecule has 0 radical (unpaired) electrons. The van der Waals surface area contributed by atoms with Crippen LogP contribution in [-0.2, 0) is 7.05 Å². The molecule has 0 saturated heterocycles. The summed E-state index contributed by atoms with van der Waals surface area (Å²) in [7, 11) is 1.74. The maximum absolute atomic E-state index is 11.9. The molecule has 0 bridgehead atoms. The van der Waals surface area contributed by atoms with E-state index in [1.165, 1.54) is 0 Å². The molecule has 146 valence electrons. The topological polar surface area (TPSA) is 59.9 Å². The Bertz CT molecular complexity index is 1390. The van der Waals surface area contributed by atoms with Gasteiger partial charge >= 0.3 is 0 Å². The Morgan fingerprint density at radius 3 is 2.30 bits per heavy atom. The van der Waals surface area contributed by atoms with Crippen molar-refractivity contribution < 1.29 is 4.74 Å². The predicted octanol–water partition coefficient (Wildman–Crippen LogP) is 5.39. The van der Waals surface area contributed by atoms with Crippen LogP contribution in [-0.4, -0.2) is 14.5 Å². The fourth-order valence-corrected chi connectivity index (χ4v) is 3.47. The number of imidazole rings is 1. The van der Waals surface area contributed by atoms with Gasteiger partial charge in [-0.1, -0.05) is 48.5 Å². The molecule has 0 saturated carbocycles. The SMILES string of the molecule is Cn1cc(-c2ccc3[nH]c(-c4ccccc4)nc3c2Oc2ccccc2)ccc1=O. The van der Waals surface area contributed by atoms with Gasteiger partial charge in [-0.2, -0.15) is 0 Å². The van der Waals surface area contributed by atoms with E-state index in [-0.39, 0.29) is 5.56 Å². The second kappa shape index (κ2) is 7.37. The molecule has 5 heteroatoms. The number of aromatic nitrogens is 3. The Hall–Kier alpha value is -4.12. The smallest absolute Gasteiger partial charge is 0.250 e.